The van der Waals surface area contributed by atoms with Crippen molar-refractivity contribution in [1.29, 1.82) is 0 Å². The van der Waals surface area contributed by atoms with E-state index in [1.165, 1.54) is 49.6 Å². The normalized spacial score (nSPS) is 12.2. The number of benzene rings is 2. The summed E-state index contributed by atoms with van der Waals surface area (Å²) in [6, 6.07) is 9.65. The largest absolute Gasteiger partial charge is 0.495 e. The predicted molar refractivity (Wildman–Crippen MR) is 96.5 cm³/mol. The fourth-order valence-corrected chi connectivity index (χ4v) is 3.26. The van der Waals surface area contributed by atoms with E-state index in [2.05, 4.69) is 10.1 Å². The van der Waals surface area contributed by atoms with E-state index in [0.717, 1.165) is 10.9 Å². The second kappa shape index (κ2) is 7.10. The topological polar surface area (TPSA) is 74.1 Å². The predicted octanol–water partition coefficient (Wildman–Crippen LogP) is 4.02. The zero-order chi connectivity index (χ0) is 20.7. The Morgan fingerprint density at radius 3 is 2.29 bits per heavy atom. The highest BCUT2D eigenvalue weighted by molar-refractivity contribution is 7.90. The molecule has 0 N–H and O–H groups in total. The number of ether oxygens (including phenoxy) is 1. The van der Waals surface area contributed by atoms with E-state index >= 15 is 0 Å². The lowest BCUT2D eigenvalue weighted by molar-refractivity contribution is -0.144. The van der Waals surface area contributed by atoms with Crippen LogP contribution >= 0.6 is 11.6 Å². The number of halogens is 4. The van der Waals surface area contributed by atoms with Crippen molar-refractivity contribution in [2.75, 3.05) is 13.4 Å². The summed E-state index contributed by atoms with van der Waals surface area (Å²) in [5.41, 5.74) is 0.496. The average molecular weight is 432 g/mol. The van der Waals surface area contributed by atoms with E-state index in [1.54, 1.807) is 0 Å². The van der Waals surface area contributed by atoms with Crippen molar-refractivity contribution in [1.82, 2.24) is 14.8 Å². The summed E-state index contributed by atoms with van der Waals surface area (Å²) in [6.45, 7) is 0. The molecule has 0 spiro atoms. The molecule has 0 fully saturated rings. The molecule has 0 bridgehead atoms. The van der Waals surface area contributed by atoms with Gasteiger partial charge in [0, 0.05) is 11.8 Å². The Morgan fingerprint density at radius 2 is 1.75 bits per heavy atom. The molecule has 0 atom stereocenters. The molecule has 0 amide bonds. The summed E-state index contributed by atoms with van der Waals surface area (Å²) in [4.78, 5) is 3.64. The second-order valence-corrected chi connectivity index (χ2v) is 8.21. The molecule has 0 aliphatic carbocycles. The molecule has 0 aliphatic rings. The molecular formula is C17H13ClF3N3O3S. The smallest absolute Gasteiger partial charge is 0.453 e. The second-order valence-electron chi connectivity index (χ2n) is 5.78. The van der Waals surface area contributed by atoms with Crippen molar-refractivity contribution in [3.05, 3.63) is 53.3 Å². The minimum Gasteiger partial charge on any atom is -0.495 e. The fourth-order valence-electron chi connectivity index (χ4n) is 2.43. The van der Waals surface area contributed by atoms with Crippen molar-refractivity contribution in [3.8, 4) is 22.8 Å². The summed E-state index contributed by atoms with van der Waals surface area (Å²) in [5, 5.41) is 3.84. The number of hydrogen-bond acceptors (Lipinski definition) is 5. The summed E-state index contributed by atoms with van der Waals surface area (Å²) in [6.07, 6.45) is -3.73. The average Bonchev–Trinajstić information content (AvgIpc) is 3.07. The van der Waals surface area contributed by atoms with E-state index in [4.69, 9.17) is 16.3 Å². The highest BCUT2D eigenvalue weighted by Gasteiger charge is 2.37. The number of methoxy groups -OCH3 is 1. The first-order chi connectivity index (χ1) is 13.0. The van der Waals surface area contributed by atoms with Crippen LogP contribution in [-0.2, 0) is 16.0 Å². The van der Waals surface area contributed by atoms with E-state index in [-0.39, 0.29) is 32.7 Å². The SMILES string of the molecule is COc1cc(-c2nc(C(F)(F)F)nn2-c2ccc(S(C)(=O)=O)cc2)ccc1Cl. The highest BCUT2D eigenvalue weighted by Crippen LogP contribution is 2.33. The molecule has 0 radical (unpaired) electrons. The minimum absolute atomic E-state index is 0.0297. The molecule has 0 saturated carbocycles. The maximum absolute atomic E-state index is 13.2. The van der Waals surface area contributed by atoms with Gasteiger partial charge >= 0.3 is 6.18 Å². The van der Waals surface area contributed by atoms with Crippen molar-refractivity contribution >= 4 is 21.4 Å². The third-order valence-electron chi connectivity index (χ3n) is 3.78. The van der Waals surface area contributed by atoms with Gasteiger partial charge in [-0.3, -0.25) is 0 Å². The Balaban J connectivity index is 2.19. The highest BCUT2D eigenvalue weighted by atomic mass is 35.5. The molecule has 3 rings (SSSR count). The summed E-state index contributed by atoms with van der Waals surface area (Å²) in [5.74, 6) is -1.17. The van der Waals surface area contributed by atoms with Crippen LogP contribution in [0.15, 0.2) is 47.4 Å². The molecule has 2 aromatic carbocycles. The van der Waals surface area contributed by atoms with Crippen molar-refractivity contribution < 1.29 is 26.3 Å². The molecular weight excluding hydrogens is 419 g/mol. The van der Waals surface area contributed by atoms with Gasteiger partial charge in [0.25, 0.3) is 5.82 Å². The molecule has 1 aromatic heterocycles. The van der Waals surface area contributed by atoms with Crippen molar-refractivity contribution in [2.45, 2.75) is 11.1 Å². The lowest BCUT2D eigenvalue weighted by atomic mass is 10.2. The molecule has 0 unspecified atom stereocenters. The van der Waals surface area contributed by atoms with Gasteiger partial charge in [-0.2, -0.15) is 13.2 Å². The number of aromatic nitrogens is 3. The first kappa shape index (κ1) is 20.2. The number of sulfone groups is 1. The molecule has 148 valence electrons. The van der Waals surface area contributed by atoms with Crippen LogP contribution in [0.2, 0.25) is 5.02 Å². The van der Waals surface area contributed by atoms with Crippen LogP contribution < -0.4 is 4.74 Å². The quantitative estimate of drug-likeness (QED) is 0.623. The van der Waals surface area contributed by atoms with E-state index < -0.39 is 21.8 Å². The monoisotopic (exact) mass is 431 g/mol. The van der Waals surface area contributed by atoms with Crippen LogP contribution in [0, 0.1) is 0 Å². The van der Waals surface area contributed by atoms with Crippen LogP contribution in [0.1, 0.15) is 5.82 Å². The summed E-state index contributed by atoms with van der Waals surface area (Å²) >= 11 is 5.97. The molecule has 11 heteroatoms. The molecule has 6 nitrogen and oxygen atoms in total. The fraction of sp³-hybridized carbons (Fsp3) is 0.176. The first-order valence-electron chi connectivity index (χ1n) is 7.69. The molecule has 0 aliphatic heterocycles. The lowest BCUT2D eigenvalue weighted by Crippen LogP contribution is -2.08. The number of nitrogens with zero attached hydrogens (tertiary/aromatic N) is 3. The van der Waals surface area contributed by atoms with Gasteiger partial charge in [0.1, 0.15) is 5.75 Å². The minimum atomic E-state index is -4.76. The Bertz CT molecular complexity index is 1130. The molecule has 0 saturated heterocycles. The van der Waals surface area contributed by atoms with Crippen LogP contribution in [0.4, 0.5) is 13.2 Å². The van der Waals surface area contributed by atoms with E-state index in [0.29, 0.717) is 0 Å². The number of hydrogen-bond donors (Lipinski definition) is 0. The van der Waals surface area contributed by atoms with Crippen LogP contribution in [0.25, 0.3) is 17.1 Å². The van der Waals surface area contributed by atoms with E-state index in [1.807, 2.05) is 0 Å². The Labute approximate surface area is 163 Å². The Hall–Kier alpha value is -2.59. The third kappa shape index (κ3) is 3.97. The van der Waals surface area contributed by atoms with Gasteiger partial charge in [-0.25, -0.2) is 18.1 Å². The van der Waals surface area contributed by atoms with Gasteiger partial charge in [-0.05, 0) is 42.5 Å². The zero-order valence-electron chi connectivity index (χ0n) is 14.5. The third-order valence-corrected chi connectivity index (χ3v) is 5.22. The first-order valence-corrected chi connectivity index (χ1v) is 9.96. The zero-order valence-corrected chi connectivity index (χ0v) is 16.1. The van der Waals surface area contributed by atoms with Gasteiger partial charge in [-0.15, -0.1) is 5.10 Å². The van der Waals surface area contributed by atoms with Crippen molar-refractivity contribution in [2.24, 2.45) is 0 Å². The maximum Gasteiger partial charge on any atom is 0.453 e. The van der Waals surface area contributed by atoms with Crippen LogP contribution in [0.5, 0.6) is 5.75 Å². The molecule has 3 aromatic rings. The number of alkyl halides is 3. The van der Waals surface area contributed by atoms with Crippen molar-refractivity contribution in [3.63, 3.8) is 0 Å². The van der Waals surface area contributed by atoms with Gasteiger partial charge < -0.3 is 4.74 Å². The summed E-state index contributed by atoms with van der Waals surface area (Å²) < 4.78 is 68.8. The van der Waals surface area contributed by atoms with Crippen LogP contribution in [-0.4, -0.2) is 36.5 Å². The van der Waals surface area contributed by atoms with Gasteiger partial charge in [-0.1, -0.05) is 11.6 Å². The van der Waals surface area contributed by atoms with Gasteiger partial charge in [0.05, 0.1) is 22.7 Å². The molecule has 28 heavy (non-hydrogen) atoms. The van der Waals surface area contributed by atoms with Gasteiger partial charge in [0.2, 0.25) is 0 Å². The standard InChI is InChI=1S/C17H13ClF3N3O3S/c1-27-14-9-10(3-8-13(14)18)15-22-16(17(19,20)21)23-24(15)11-4-6-12(7-5-11)28(2,25)26/h3-9H,1-2H3. The van der Waals surface area contributed by atoms with Gasteiger partial charge in [0.15, 0.2) is 15.7 Å². The Morgan fingerprint density at radius 1 is 1.11 bits per heavy atom. The maximum atomic E-state index is 13.2. The van der Waals surface area contributed by atoms with Crippen LogP contribution in [0.3, 0.4) is 0 Å². The summed E-state index contributed by atoms with van der Waals surface area (Å²) in [7, 11) is -2.08. The Kier molecular flexibility index (Phi) is 5.11. The lowest BCUT2D eigenvalue weighted by Gasteiger charge is -2.09. The number of rotatable bonds is 4. The van der Waals surface area contributed by atoms with E-state index in [9.17, 15) is 21.6 Å². The molecule has 1 heterocycles.